The van der Waals surface area contributed by atoms with E-state index in [9.17, 15) is 9.59 Å². The molecule has 6 heteroatoms. The summed E-state index contributed by atoms with van der Waals surface area (Å²) in [5.41, 5.74) is 2.50. The van der Waals surface area contributed by atoms with E-state index in [-0.39, 0.29) is 24.5 Å². The van der Waals surface area contributed by atoms with Crippen molar-refractivity contribution in [1.29, 1.82) is 0 Å². The van der Waals surface area contributed by atoms with E-state index in [0.29, 0.717) is 18.7 Å². The molecule has 0 aliphatic carbocycles. The summed E-state index contributed by atoms with van der Waals surface area (Å²) in [6, 6.07) is 12.7. The number of amides is 2. The van der Waals surface area contributed by atoms with Gasteiger partial charge in [0.1, 0.15) is 17.6 Å². The second kappa shape index (κ2) is 8.58. The number of hydrogen-bond acceptors (Lipinski definition) is 4. The summed E-state index contributed by atoms with van der Waals surface area (Å²) in [5, 5.41) is 5.43. The van der Waals surface area contributed by atoms with Crippen LogP contribution in [-0.2, 0) is 17.8 Å². The number of carbonyl (C=O) groups excluding carboxylic acids is 2. The minimum atomic E-state index is -0.277. The van der Waals surface area contributed by atoms with Crippen molar-refractivity contribution in [2.24, 2.45) is 0 Å². The molecule has 2 N–H and O–H groups in total. The number of rotatable bonds is 7. The third kappa shape index (κ3) is 4.78. The Morgan fingerprint density at radius 3 is 2.70 bits per heavy atom. The topological polar surface area (TPSA) is 76.7 Å². The summed E-state index contributed by atoms with van der Waals surface area (Å²) in [5.74, 6) is 1.05. The predicted molar refractivity (Wildman–Crippen MR) is 102 cm³/mol. The number of nitrogens with one attached hydrogen (secondary N) is 2. The molecule has 2 aromatic carbocycles. The largest absolute Gasteiger partial charge is 0.494 e. The number of carbonyl (C=O) groups is 2. The first-order chi connectivity index (χ1) is 13.1. The second-order valence-corrected chi connectivity index (χ2v) is 6.46. The van der Waals surface area contributed by atoms with E-state index in [0.717, 1.165) is 29.0 Å². The molecular weight excluding hydrogens is 344 g/mol. The van der Waals surface area contributed by atoms with Crippen LogP contribution in [0.25, 0.3) is 0 Å². The fourth-order valence-electron chi connectivity index (χ4n) is 3.02. The third-order valence-corrected chi connectivity index (χ3v) is 4.30. The lowest BCUT2D eigenvalue weighted by Crippen LogP contribution is -2.36. The van der Waals surface area contributed by atoms with E-state index in [1.54, 1.807) is 24.3 Å². The normalized spacial score (nSPS) is 14.8. The lowest BCUT2D eigenvalue weighted by atomic mass is 10.1. The van der Waals surface area contributed by atoms with Gasteiger partial charge in [-0.15, -0.1) is 0 Å². The van der Waals surface area contributed by atoms with Gasteiger partial charge in [0.05, 0.1) is 13.2 Å². The Morgan fingerprint density at radius 2 is 1.96 bits per heavy atom. The van der Waals surface area contributed by atoms with E-state index in [1.807, 2.05) is 32.0 Å². The maximum atomic E-state index is 12.1. The Morgan fingerprint density at radius 1 is 1.19 bits per heavy atom. The van der Waals surface area contributed by atoms with Crippen molar-refractivity contribution in [2.75, 3.05) is 13.2 Å². The smallest absolute Gasteiger partial charge is 0.251 e. The molecule has 6 nitrogen and oxygen atoms in total. The summed E-state index contributed by atoms with van der Waals surface area (Å²) < 4.78 is 11.5. The molecule has 0 bridgehead atoms. The van der Waals surface area contributed by atoms with Gasteiger partial charge in [-0.25, -0.2) is 0 Å². The summed E-state index contributed by atoms with van der Waals surface area (Å²) >= 11 is 0. The molecule has 27 heavy (non-hydrogen) atoms. The zero-order valence-electron chi connectivity index (χ0n) is 15.6. The maximum absolute atomic E-state index is 12.1. The number of hydrogen-bond donors (Lipinski definition) is 2. The first-order valence-corrected chi connectivity index (χ1v) is 9.12. The van der Waals surface area contributed by atoms with Crippen LogP contribution in [0.2, 0.25) is 0 Å². The highest BCUT2D eigenvalue weighted by molar-refractivity contribution is 5.96. The zero-order chi connectivity index (χ0) is 19.2. The third-order valence-electron chi connectivity index (χ3n) is 4.30. The zero-order valence-corrected chi connectivity index (χ0v) is 15.6. The molecule has 3 rings (SSSR count). The van der Waals surface area contributed by atoms with Crippen molar-refractivity contribution in [3.63, 3.8) is 0 Å². The van der Waals surface area contributed by atoms with Crippen LogP contribution in [0, 0.1) is 0 Å². The number of ether oxygens (including phenoxy) is 2. The van der Waals surface area contributed by atoms with Gasteiger partial charge in [0.15, 0.2) is 0 Å². The fraction of sp³-hybridized carbons (Fsp3) is 0.333. The minimum Gasteiger partial charge on any atom is -0.494 e. The molecular formula is C21H24N2O4. The first kappa shape index (κ1) is 18.8. The Labute approximate surface area is 158 Å². The van der Waals surface area contributed by atoms with Crippen molar-refractivity contribution >= 4 is 11.8 Å². The lowest BCUT2D eigenvalue weighted by molar-refractivity contribution is -0.120. The van der Waals surface area contributed by atoms with Crippen molar-refractivity contribution in [2.45, 2.75) is 32.9 Å². The summed E-state index contributed by atoms with van der Waals surface area (Å²) in [6.07, 6.45) is 1.00. The van der Waals surface area contributed by atoms with Gasteiger partial charge in [-0.1, -0.05) is 18.2 Å². The van der Waals surface area contributed by atoms with Crippen molar-refractivity contribution < 1.29 is 19.1 Å². The average Bonchev–Trinajstić information content (AvgIpc) is 3.04. The molecule has 2 aromatic rings. The molecule has 0 saturated heterocycles. The quantitative estimate of drug-likeness (QED) is 0.787. The van der Waals surface area contributed by atoms with Gasteiger partial charge in [0.25, 0.3) is 5.91 Å². The highest BCUT2D eigenvalue weighted by Crippen LogP contribution is 2.35. The molecule has 142 valence electrons. The van der Waals surface area contributed by atoms with Crippen LogP contribution in [0.1, 0.15) is 35.3 Å². The van der Waals surface area contributed by atoms with Crippen LogP contribution in [0.15, 0.2) is 42.5 Å². The molecule has 0 aromatic heterocycles. The molecule has 0 unspecified atom stereocenters. The van der Waals surface area contributed by atoms with Crippen LogP contribution in [0.5, 0.6) is 11.5 Å². The Balaban J connectivity index is 1.57. The Hall–Kier alpha value is -3.02. The highest BCUT2D eigenvalue weighted by atomic mass is 16.5. The van der Waals surface area contributed by atoms with E-state index >= 15 is 0 Å². The predicted octanol–water partition coefficient (Wildman–Crippen LogP) is 2.45. The summed E-state index contributed by atoms with van der Waals surface area (Å²) in [6.45, 7) is 4.71. The molecule has 0 spiro atoms. The van der Waals surface area contributed by atoms with Gasteiger partial charge in [-0.3, -0.25) is 9.59 Å². The van der Waals surface area contributed by atoms with Gasteiger partial charge in [-0.2, -0.15) is 0 Å². The summed E-state index contributed by atoms with van der Waals surface area (Å²) in [7, 11) is 0. The van der Waals surface area contributed by atoms with E-state index < -0.39 is 0 Å². The molecule has 0 fully saturated rings. The number of benzene rings is 2. The fourth-order valence-corrected chi connectivity index (χ4v) is 3.02. The van der Waals surface area contributed by atoms with E-state index in [1.165, 1.54) is 0 Å². The molecule has 1 aliphatic rings. The first-order valence-electron chi connectivity index (χ1n) is 9.12. The molecule has 1 atom stereocenters. The van der Waals surface area contributed by atoms with Gasteiger partial charge in [-0.05, 0) is 38.1 Å². The molecule has 2 amide bonds. The van der Waals surface area contributed by atoms with Crippen LogP contribution >= 0.6 is 0 Å². The lowest BCUT2D eigenvalue weighted by Gasteiger charge is -2.13. The van der Waals surface area contributed by atoms with Crippen LogP contribution < -0.4 is 20.1 Å². The van der Waals surface area contributed by atoms with E-state index in [2.05, 4.69) is 10.6 Å². The van der Waals surface area contributed by atoms with E-state index in [4.69, 9.17) is 9.47 Å². The molecule has 1 heterocycles. The monoisotopic (exact) mass is 368 g/mol. The average molecular weight is 368 g/mol. The minimum absolute atomic E-state index is 0.0871. The van der Waals surface area contributed by atoms with Crippen molar-refractivity contribution in [3.8, 4) is 11.5 Å². The summed E-state index contributed by atoms with van der Waals surface area (Å²) in [4.78, 5) is 24.1. The van der Waals surface area contributed by atoms with Gasteiger partial charge >= 0.3 is 0 Å². The standard InChI is InChI=1S/C21H24N2O4/c1-3-26-18-10-16-9-14(2)27-19(16)11-17(18)12-22-20(24)13-23-21(25)15-7-5-4-6-8-15/h4-8,10-11,14H,3,9,12-13H2,1-2H3,(H,22,24)(H,23,25)/t14-/m1/s1. The van der Waals surface area contributed by atoms with Crippen LogP contribution in [-0.4, -0.2) is 31.1 Å². The Kier molecular flexibility index (Phi) is 5.96. The molecule has 1 aliphatic heterocycles. The van der Waals surface area contributed by atoms with Gasteiger partial charge < -0.3 is 20.1 Å². The highest BCUT2D eigenvalue weighted by Gasteiger charge is 2.22. The van der Waals surface area contributed by atoms with Gasteiger partial charge in [0.2, 0.25) is 5.91 Å². The van der Waals surface area contributed by atoms with Crippen LogP contribution in [0.3, 0.4) is 0 Å². The van der Waals surface area contributed by atoms with Crippen molar-refractivity contribution in [1.82, 2.24) is 10.6 Å². The Bertz CT molecular complexity index is 820. The maximum Gasteiger partial charge on any atom is 0.251 e. The SMILES string of the molecule is CCOc1cc2c(cc1CNC(=O)CNC(=O)c1ccccc1)O[C@H](C)C2. The second-order valence-electron chi connectivity index (χ2n) is 6.46. The molecule has 0 radical (unpaired) electrons. The number of fused-ring (bicyclic) bond motifs is 1. The molecule has 0 saturated carbocycles. The van der Waals surface area contributed by atoms with Gasteiger partial charge in [0, 0.05) is 29.7 Å². The van der Waals surface area contributed by atoms with Crippen LogP contribution in [0.4, 0.5) is 0 Å². The van der Waals surface area contributed by atoms with Crippen molar-refractivity contribution in [3.05, 3.63) is 59.2 Å².